The molecule has 1 N–H and O–H groups in total. The van der Waals surface area contributed by atoms with E-state index in [9.17, 15) is 4.79 Å². The van der Waals surface area contributed by atoms with Gasteiger partial charge in [0.15, 0.2) is 5.78 Å². The molecule has 5 aromatic rings. The van der Waals surface area contributed by atoms with Crippen molar-refractivity contribution in [3.63, 3.8) is 0 Å². The van der Waals surface area contributed by atoms with Gasteiger partial charge >= 0.3 is 0 Å². The van der Waals surface area contributed by atoms with Crippen molar-refractivity contribution in [3.05, 3.63) is 102 Å². The zero-order chi connectivity index (χ0) is 27.4. The maximum absolute atomic E-state index is 10.0. The third-order valence-electron chi connectivity index (χ3n) is 6.39. The third-order valence-corrected chi connectivity index (χ3v) is 7.49. The number of nitrogens with zero attached hydrogens (tertiary/aromatic N) is 1. The molecule has 0 amide bonds. The van der Waals surface area contributed by atoms with Gasteiger partial charge in [0.2, 0.25) is 0 Å². The van der Waals surface area contributed by atoms with Gasteiger partial charge in [-0.25, -0.2) is 0 Å². The summed E-state index contributed by atoms with van der Waals surface area (Å²) in [6.45, 7) is 11.9. The van der Waals surface area contributed by atoms with Crippen LogP contribution in [0, 0.1) is 6.07 Å². The van der Waals surface area contributed by atoms with Crippen molar-refractivity contribution >= 4 is 38.0 Å². The second-order valence-electron chi connectivity index (χ2n) is 10.2. The van der Waals surface area contributed by atoms with Crippen LogP contribution in [0.3, 0.4) is 0 Å². The van der Waals surface area contributed by atoms with Crippen LogP contribution in [0.5, 0.6) is 0 Å². The normalized spacial score (nSPS) is 11.4. The molecular weight excluding hydrogens is 679 g/mol. The molecule has 0 unspecified atom stereocenters. The van der Waals surface area contributed by atoms with Gasteiger partial charge in [-0.1, -0.05) is 87.7 Å². The summed E-state index contributed by atoms with van der Waals surface area (Å²) in [6, 6.07) is 27.8. The van der Waals surface area contributed by atoms with Crippen molar-refractivity contribution in [3.8, 4) is 21.7 Å². The smallest absolute Gasteiger partial charge is 0.155 e. The number of aliphatic hydroxyl groups excluding tert-OH is 1. The molecule has 2 aromatic heterocycles. The second-order valence-corrected chi connectivity index (χ2v) is 11.3. The molecule has 39 heavy (non-hydrogen) atoms. The van der Waals surface area contributed by atoms with E-state index < -0.39 is 0 Å². The summed E-state index contributed by atoms with van der Waals surface area (Å²) < 4.78 is 1.21. The van der Waals surface area contributed by atoms with Crippen molar-refractivity contribution in [2.24, 2.45) is 0 Å². The van der Waals surface area contributed by atoms with E-state index in [4.69, 9.17) is 10.1 Å². The maximum atomic E-state index is 10.0. The van der Waals surface area contributed by atoms with E-state index in [2.05, 4.69) is 100 Å². The Hall–Kier alpha value is -3.11. The summed E-state index contributed by atoms with van der Waals surface area (Å²) in [5, 5.41) is 12.1. The molecular formula is C34H34IrNO2S-. The van der Waals surface area contributed by atoms with E-state index >= 15 is 0 Å². The number of aliphatic hydroxyl groups is 1. The predicted octanol–water partition coefficient (Wildman–Crippen LogP) is 9.87. The number of benzene rings is 3. The van der Waals surface area contributed by atoms with E-state index in [1.807, 2.05) is 17.5 Å². The van der Waals surface area contributed by atoms with Crippen LogP contribution in [-0.4, -0.2) is 15.9 Å². The number of aromatic nitrogens is 1. The molecule has 203 valence electrons. The molecule has 3 aromatic carbocycles. The Balaban J connectivity index is 0.000000468. The minimum Gasteiger partial charge on any atom is -0.512 e. The van der Waals surface area contributed by atoms with Gasteiger partial charge in [0.1, 0.15) is 0 Å². The minimum atomic E-state index is -0.125. The summed E-state index contributed by atoms with van der Waals surface area (Å²) in [4.78, 5) is 16.1. The van der Waals surface area contributed by atoms with Gasteiger partial charge in [-0.3, -0.25) is 4.79 Å². The topological polar surface area (TPSA) is 50.2 Å². The van der Waals surface area contributed by atoms with Crippen LogP contribution in [0.25, 0.3) is 42.6 Å². The first-order valence-electron chi connectivity index (χ1n) is 13.0. The molecule has 0 fully saturated rings. The van der Waals surface area contributed by atoms with E-state index in [-0.39, 0.29) is 31.6 Å². The fraction of sp³-hybridized carbons (Fsp3) is 0.235. The summed E-state index contributed by atoms with van der Waals surface area (Å²) in [5.74, 6) is 0.878. The Morgan fingerprint density at radius 2 is 1.64 bits per heavy atom. The van der Waals surface area contributed by atoms with E-state index in [0.29, 0.717) is 11.8 Å². The van der Waals surface area contributed by atoms with Crippen LogP contribution in [0.15, 0.2) is 84.8 Å². The molecule has 1 radical (unpaired) electrons. The zero-order valence-corrected chi connectivity index (χ0v) is 26.4. The van der Waals surface area contributed by atoms with Crippen LogP contribution < -0.4 is 0 Å². The van der Waals surface area contributed by atoms with Crippen LogP contribution in [0.1, 0.15) is 64.5 Å². The van der Waals surface area contributed by atoms with Crippen LogP contribution in [0.4, 0.5) is 0 Å². The molecule has 0 spiro atoms. The number of fused-ring (bicyclic) bond motifs is 2. The van der Waals surface area contributed by atoms with Crippen molar-refractivity contribution in [2.45, 2.75) is 53.4 Å². The van der Waals surface area contributed by atoms with Crippen molar-refractivity contribution < 1.29 is 30.0 Å². The SMILES string of the molecule is CC(=O)/C=C(/C)O.CC(C)c1ccc2c(-c3[c-]c4sc(-c5ccccc5)cc4c(C(C)C)c3)nccc2c1.[Ir]. The number of thiophene rings is 1. The molecule has 0 bridgehead atoms. The van der Waals surface area contributed by atoms with E-state index in [1.54, 1.807) is 0 Å². The van der Waals surface area contributed by atoms with Gasteiger partial charge in [-0.15, -0.1) is 23.3 Å². The van der Waals surface area contributed by atoms with Crippen molar-refractivity contribution in [1.82, 2.24) is 4.98 Å². The third kappa shape index (κ3) is 7.30. The molecule has 2 heterocycles. The first-order valence-corrected chi connectivity index (χ1v) is 13.8. The molecule has 0 saturated heterocycles. The van der Waals surface area contributed by atoms with Crippen molar-refractivity contribution in [2.75, 3.05) is 0 Å². The number of pyridine rings is 1. The molecule has 5 rings (SSSR count). The number of allylic oxidation sites excluding steroid dienone is 2. The Morgan fingerprint density at radius 1 is 0.923 bits per heavy atom. The number of hydrogen-bond acceptors (Lipinski definition) is 4. The summed E-state index contributed by atoms with van der Waals surface area (Å²) >= 11 is 1.82. The van der Waals surface area contributed by atoms with Crippen LogP contribution >= 0.6 is 11.3 Å². The largest absolute Gasteiger partial charge is 0.512 e. The monoisotopic (exact) mass is 713 g/mol. The first-order chi connectivity index (χ1) is 18.1. The maximum Gasteiger partial charge on any atom is 0.155 e. The Kier molecular flexibility index (Phi) is 10.4. The fourth-order valence-electron chi connectivity index (χ4n) is 4.50. The molecule has 0 saturated carbocycles. The molecule has 5 heteroatoms. The summed E-state index contributed by atoms with van der Waals surface area (Å²) in [7, 11) is 0. The molecule has 0 aliphatic heterocycles. The quantitative estimate of drug-likeness (QED) is 0.112. The Morgan fingerprint density at radius 3 is 2.23 bits per heavy atom. The van der Waals surface area contributed by atoms with Crippen LogP contribution in [0.2, 0.25) is 0 Å². The molecule has 3 nitrogen and oxygen atoms in total. The molecule has 0 atom stereocenters. The predicted molar refractivity (Wildman–Crippen MR) is 162 cm³/mol. The zero-order valence-electron chi connectivity index (χ0n) is 23.2. The van der Waals surface area contributed by atoms with Crippen LogP contribution in [-0.2, 0) is 24.9 Å². The number of hydrogen-bond donors (Lipinski definition) is 1. The van der Waals surface area contributed by atoms with Crippen molar-refractivity contribution in [1.29, 1.82) is 0 Å². The minimum absolute atomic E-state index is 0. The number of ketones is 1. The molecule has 0 aliphatic carbocycles. The summed E-state index contributed by atoms with van der Waals surface area (Å²) in [6.07, 6.45) is 3.10. The standard InChI is InChI=1S/C29H26NS.C5H8O2.Ir/c1-18(2)21-10-11-24-22(14-21)12-13-30-29(24)23-15-25(19(3)4)26-17-27(31-28(26)16-23)20-8-6-5-7-9-20;1-4(6)3-5(2)7;/h5-15,17-19H,1-4H3;3,6H,1-2H3;/q-1;;/b;4-3-;. The average molecular weight is 713 g/mol. The van der Waals surface area contributed by atoms with Gasteiger partial charge in [0, 0.05) is 37.3 Å². The molecule has 0 aliphatic rings. The second kappa shape index (κ2) is 13.3. The number of carbonyl (C=O) groups excluding carboxylic acids is 1. The van der Waals surface area contributed by atoms with E-state index in [0.717, 1.165) is 11.3 Å². The van der Waals surface area contributed by atoms with Gasteiger partial charge < -0.3 is 10.1 Å². The Labute approximate surface area is 249 Å². The van der Waals surface area contributed by atoms with Gasteiger partial charge in [0.25, 0.3) is 0 Å². The first kappa shape index (κ1) is 30.4. The Bertz CT molecular complexity index is 1610. The van der Waals surface area contributed by atoms with E-state index in [1.165, 1.54) is 62.3 Å². The average Bonchev–Trinajstić information content (AvgIpc) is 3.31. The summed E-state index contributed by atoms with van der Waals surface area (Å²) in [5.41, 5.74) is 6.09. The van der Waals surface area contributed by atoms with Gasteiger partial charge in [-0.2, -0.15) is 11.3 Å². The number of carbonyl (C=O) groups is 1. The fourth-order valence-corrected chi connectivity index (χ4v) is 5.60. The number of rotatable bonds is 5. The van der Waals surface area contributed by atoms with Gasteiger partial charge in [0.05, 0.1) is 5.76 Å². The van der Waals surface area contributed by atoms with Gasteiger partial charge in [-0.05, 0) is 64.0 Å².